The molecule has 0 aliphatic carbocycles. The van der Waals surface area contributed by atoms with Crippen molar-refractivity contribution in [1.29, 1.82) is 0 Å². The van der Waals surface area contributed by atoms with E-state index in [0.29, 0.717) is 5.45 Å². The second kappa shape index (κ2) is 15.2. The number of hydrogen-bond acceptors (Lipinski definition) is 0. The Hall–Kier alpha value is -2.66. The molecule has 0 aromatic heterocycles. The summed E-state index contributed by atoms with van der Waals surface area (Å²) in [6.07, 6.45) is 0. The molecule has 0 bridgehead atoms. The summed E-state index contributed by atoms with van der Waals surface area (Å²) in [7, 11) is -0.947. The van der Waals surface area contributed by atoms with Crippen molar-refractivity contribution in [2.24, 2.45) is 0 Å². The predicted octanol–water partition coefficient (Wildman–Crippen LogP) is 6.74. The zero-order chi connectivity index (χ0) is 21.6. The summed E-state index contributed by atoms with van der Waals surface area (Å²) in [5.41, 5.74) is 1.15. The Morgan fingerprint density at radius 1 is 0.594 bits per heavy atom. The van der Waals surface area contributed by atoms with Crippen molar-refractivity contribution in [2.75, 3.05) is 0 Å². The van der Waals surface area contributed by atoms with Gasteiger partial charge in [0.1, 0.15) is 0 Å². The largest absolute Gasteiger partial charge is 4.00 e. The van der Waals surface area contributed by atoms with Crippen LogP contribution in [0.3, 0.4) is 0 Å². The Morgan fingerprint density at radius 2 is 1.03 bits per heavy atom. The molecule has 0 aliphatic rings. The molecule has 1 nitrogen and oxygen atoms in total. The van der Waals surface area contributed by atoms with E-state index in [4.69, 9.17) is 0 Å². The monoisotopic (exact) mass is 507 g/mol. The molecule has 0 spiro atoms. The maximum Gasteiger partial charge on any atom is 4.00 e. The minimum atomic E-state index is -0.947. The average Bonchev–Trinajstić information content (AvgIpc) is 3.61. The summed E-state index contributed by atoms with van der Waals surface area (Å²) >= 11 is 0. The van der Waals surface area contributed by atoms with Gasteiger partial charge in [-0.25, -0.2) is 29.7 Å². The fourth-order valence-electron chi connectivity index (χ4n) is 2.84. The van der Waals surface area contributed by atoms with Crippen molar-refractivity contribution >= 4 is 24.0 Å². The molecule has 5 aromatic carbocycles. The van der Waals surface area contributed by atoms with Gasteiger partial charge < -0.3 is 5.41 Å². The van der Waals surface area contributed by atoms with Crippen LogP contribution in [-0.2, 0) is 26.2 Å². The molecule has 5 aromatic rings. The van der Waals surface area contributed by atoms with E-state index in [1.807, 2.05) is 121 Å². The Kier molecular flexibility index (Phi) is 12.2. The van der Waals surface area contributed by atoms with E-state index in [-0.39, 0.29) is 26.2 Å². The molecule has 0 unspecified atom stereocenters. The summed E-state index contributed by atoms with van der Waals surface area (Å²) in [4.78, 5) is 0. The molecule has 0 radical (unpaired) electrons. The fraction of sp³-hybridized carbons (Fsp3) is 0. The van der Waals surface area contributed by atoms with Crippen LogP contribution >= 0.6 is 7.92 Å². The summed E-state index contributed by atoms with van der Waals surface area (Å²) in [6.45, 7) is 0. The zero-order valence-corrected chi connectivity index (χ0v) is 21.1. The van der Waals surface area contributed by atoms with Crippen molar-refractivity contribution in [3.05, 3.63) is 163 Å². The van der Waals surface area contributed by atoms with Crippen LogP contribution in [0, 0.1) is 6.07 Å². The molecule has 0 fully saturated rings. The molecule has 5 rings (SSSR count). The molecule has 0 saturated carbocycles. The Balaban J connectivity index is 0.000000271. The van der Waals surface area contributed by atoms with Crippen LogP contribution in [0.25, 0.3) is 5.41 Å². The van der Waals surface area contributed by atoms with E-state index in [2.05, 4.69) is 30.3 Å². The number of hydrogen-bond donors (Lipinski definition) is 0. The number of benzene rings is 3. The van der Waals surface area contributed by atoms with E-state index < -0.39 is 7.92 Å². The van der Waals surface area contributed by atoms with Crippen molar-refractivity contribution in [3.63, 3.8) is 0 Å². The van der Waals surface area contributed by atoms with E-state index in [1.165, 1.54) is 0 Å². The second-order valence-electron chi connectivity index (χ2n) is 6.53. The molecular formula is C29H24NPZr. The summed E-state index contributed by atoms with van der Waals surface area (Å²) in [5.74, 6) is 0. The minimum absolute atomic E-state index is 0. The van der Waals surface area contributed by atoms with Gasteiger partial charge in [-0.1, -0.05) is 68.6 Å². The first-order valence-corrected chi connectivity index (χ1v) is 11.5. The minimum Gasteiger partial charge on any atom is -0.854 e. The van der Waals surface area contributed by atoms with Crippen molar-refractivity contribution in [3.8, 4) is 0 Å². The zero-order valence-electron chi connectivity index (χ0n) is 17.8. The van der Waals surface area contributed by atoms with Crippen LogP contribution in [-0.4, -0.2) is 5.45 Å². The van der Waals surface area contributed by atoms with E-state index in [1.54, 1.807) is 0 Å². The van der Waals surface area contributed by atoms with Crippen LogP contribution in [0.5, 0.6) is 0 Å². The Labute approximate surface area is 211 Å². The third-order valence-electron chi connectivity index (χ3n) is 4.30. The summed E-state index contributed by atoms with van der Waals surface area (Å²) in [5, 5.41) is 13.1. The van der Waals surface area contributed by atoms with Crippen LogP contribution in [0.4, 0.5) is 0 Å². The van der Waals surface area contributed by atoms with Gasteiger partial charge in [-0.05, 0) is 10.6 Å². The van der Waals surface area contributed by atoms with Gasteiger partial charge in [0.25, 0.3) is 0 Å². The normalized spacial score (nSPS) is 9.41. The first-order chi connectivity index (χ1) is 15.4. The first kappa shape index (κ1) is 25.6. The molecule has 3 heteroatoms. The SMILES string of the molecule is [N-]=C(c1[c-]cccc1)P(c1ccccc1)c1ccccc1.[Zr+4].c1cc[cH-]c1.c1cc[cH-]c1. The Morgan fingerprint density at radius 3 is 1.38 bits per heavy atom. The van der Waals surface area contributed by atoms with Crippen molar-refractivity contribution in [2.45, 2.75) is 0 Å². The van der Waals surface area contributed by atoms with Gasteiger partial charge >= 0.3 is 26.2 Å². The van der Waals surface area contributed by atoms with Crippen LogP contribution < -0.4 is 10.6 Å². The topological polar surface area (TPSA) is 22.3 Å². The third-order valence-corrected chi connectivity index (χ3v) is 6.60. The second-order valence-corrected chi connectivity index (χ2v) is 8.66. The number of nitrogens with zero attached hydrogens (tertiary/aromatic N) is 1. The molecule has 0 saturated heterocycles. The molecule has 0 heterocycles. The van der Waals surface area contributed by atoms with Gasteiger partial charge in [0.15, 0.2) is 0 Å². The van der Waals surface area contributed by atoms with E-state index >= 15 is 0 Å². The van der Waals surface area contributed by atoms with E-state index in [0.717, 1.165) is 16.2 Å². The molecule has 0 N–H and O–H groups in total. The molecule has 0 atom stereocenters. The predicted molar refractivity (Wildman–Crippen MR) is 136 cm³/mol. The summed E-state index contributed by atoms with van der Waals surface area (Å²) < 4.78 is 0. The molecule has 0 amide bonds. The third kappa shape index (κ3) is 8.47. The molecular weight excluding hydrogens is 485 g/mol. The van der Waals surface area contributed by atoms with Crippen molar-refractivity contribution < 1.29 is 26.2 Å². The van der Waals surface area contributed by atoms with Gasteiger partial charge in [0, 0.05) is 0 Å². The average molecular weight is 509 g/mol. The van der Waals surface area contributed by atoms with Crippen molar-refractivity contribution in [1.82, 2.24) is 0 Å². The molecule has 32 heavy (non-hydrogen) atoms. The standard InChI is InChI=1S/C19H14NP.2C5H5.Zr/c20-19(16-10-4-1-5-11-16)21(17-12-6-2-7-13-17)18-14-8-3-9-15-18;2*1-2-4-5-3-1;/h1-10,12-15H;2*1-5H;/q-2;2*-1;+4. The smallest absolute Gasteiger partial charge is 0.854 e. The first-order valence-electron chi connectivity index (χ1n) is 10.1. The van der Waals surface area contributed by atoms with Gasteiger partial charge in [-0.2, -0.15) is 42.0 Å². The quantitative estimate of drug-likeness (QED) is 0.146. The van der Waals surface area contributed by atoms with Gasteiger partial charge in [-0.3, -0.25) is 0 Å². The maximum absolute atomic E-state index is 10.8. The molecule has 0 aliphatic heterocycles. The maximum atomic E-state index is 10.8. The van der Waals surface area contributed by atoms with Crippen LogP contribution in [0.1, 0.15) is 5.56 Å². The van der Waals surface area contributed by atoms with E-state index in [9.17, 15) is 5.41 Å². The fourth-order valence-corrected chi connectivity index (χ4v) is 4.95. The Bertz CT molecular complexity index is 974. The van der Waals surface area contributed by atoms with Crippen LogP contribution in [0.15, 0.2) is 146 Å². The van der Waals surface area contributed by atoms with Crippen LogP contribution in [0.2, 0.25) is 0 Å². The number of rotatable bonds is 4. The molecule has 154 valence electrons. The van der Waals surface area contributed by atoms with Gasteiger partial charge in [0.05, 0.1) is 0 Å². The van der Waals surface area contributed by atoms with Gasteiger partial charge in [-0.15, -0.1) is 30.3 Å². The van der Waals surface area contributed by atoms with Gasteiger partial charge in [0.2, 0.25) is 0 Å². The summed E-state index contributed by atoms with van der Waals surface area (Å²) in [6, 6.07) is 51.0.